The molecule has 0 atom stereocenters. The molecule has 102 valence electrons. The standard InChI is InChI=1S/C17H16FNO/c1-12-6-7-15(18)10-14(12)11-19-9-8-13-4-2-3-5-16(13)17(19)20/h2-7,10H,8-9,11H2,1H3. The highest BCUT2D eigenvalue weighted by Gasteiger charge is 2.24. The summed E-state index contributed by atoms with van der Waals surface area (Å²) < 4.78 is 13.3. The molecule has 3 rings (SSSR count). The van der Waals surface area contributed by atoms with Crippen molar-refractivity contribution in [2.24, 2.45) is 0 Å². The van der Waals surface area contributed by atoms with Gasteiger partial charge in [0.25, 0.3) is 5.91 Å². The van der Waals surface area contributed by atoms with Crippen molar-refractivity contribution in [3.8, 4) is 0 Å². The molecule has 2 nitrogen and oxygen atoms in total. The number of rotatable bonds is 2. The lowest BCUT2D eigenvalue weighted by molar-refractivity contribution is 0.0726. The number of hydrogen-bond donors (Lipinski definition) is 0. The maximum atomic E-state index is 13.3. The summed E-state index contributed by atoms with van der Waals surface area (Å²) in [6.07, 6.45) is 0.857. The zero-order valence-electron chi connectivity index (χ0n) is 11.4. The fraction of sp³-hybridized carbons (Fsp3) is 0.235. The number of fused-ring (bicyclic) bond motifs is 1. The van der Waals surface area contributed by atoms with E-state index in [2.05, 4.69) is 0 Å². The lowest BCUT2D eigenvalue weighted by Gasteiger charge is -2.29. The van der Waals surface area contributed by atoms with Gasteiger partial charge in [0.15, 0.2) is 0 Å². The first-order chi connectivity index (χ1) is 9.65. The molecule has 2 aromatic rings. The molecule has 0 unspecified atom stereocenters. The van der Waals surface area contributed by atoms with Gasteiger partial charge in [-0.15, -0.1) is 0 Å². The second-order valence-corrected chi connectivity index (χ2v) is 5.20. The van der Waals surface area contributed by atoms with Crippen molar-refractivity contribution in [1.82, 2.24) is 4.90 Å². The third-order valence-electron chi connectivity index (χ3n) is 3.86. The van der Waals surface area contributed by atoms with Gasteiger partial charge in [-0.3, -0.25) is 4.79 Å². The molecule has 1 aliphatic heterocycles. The van der Waals surface area contributed by atoms with E-state index in [0.29, 0.717) is 13.1 Å². The Morgan fingerprint density at radius 2 is 2.00 bits per heavy atom. The van der Waals surface area contributed by atoms with Gasteiger partial charge in [0, 0.05) is 18.7 Å². The molecule has 2 aromatic carbocycles. The van der Waals surface area contributed by atoms with Crippen LogP contribution in [0.15, 0.2) is 42.5 Å². The molecule has 3 heteroatoms. The average molecular weight is 269 g/mol. The van der Waals surface area contributed by atoms with E-state index < -0.39 is 0 Å². The Balaban J connectivity index is 1.86. The van der Waals surface area contributed by atoms with Gasteiger partial charge in [0.2, 0.25) is 0 Å². The Morgan fingerprint density at radius 1 is 1.20 bits per heavy atom. The Hall–Kier alpha value is -2.16. The summed E-state index contributed by atoms with van der Waals surface area (Å²) in [5.74, 6) is -0.217. The molecular formula is C17H16FNO. The van der Waals surface area contributed by atoms with Crippen molar-refractivity contribution in [2.75, 3.05) is 6.54 Å². The molecule has 0 fully saturated rings. The Labute approximate surface area is 117 Å². The third-order valence-corrected chi connectivity index (χ3v) is 3.86. The van der Waals surface area contributed by atoms with Crippen LogP contribution in [0, 0.1) is 12.7 Å². The number of benzene rings is 2. The summed E-state index contributed by atoms with van der Waals surface area (Å²) in [5, 5.41) is 0. The number of carbonyl (C=O) groups excluding carboxylic acids is 1. The summed E-state index contributed by atoms with van der Waals surface area (Å²) >= 11 is 0. The number of nitrogens with zero attached hydrogens (tertiary/aromatic N) is 1. The van der Waals surface area contributed by atoms with Crippen molar-refractivity contribution < 1.29 is 9.18 Å². The van der Waals surface area contributed by atoms with Crippen LogP contribution >= 0.6 is 0 Å². The van der Waals surface area contributed by atoms with E-state index in [9.17, 15) is 9.18 Å². The quantitative estimate of drug-likeness (QED) is 0.819. The largest absolute Gasteiger partial charge is 0.334 e. The summed E-state index contributed by atoms with van der Waals surface area (Å²) in [7, 11) is 0. The SMILES string of the molecule is Cc1ccc(F)cc1CN1CCc2ccccc2C1=O. The predicted molar refractivity (Wildman–Crippen MR) is 76.0 cm³/mol. The van der Waals surface area contributed by atoms with Crippen molar-refractivity contribution >= 4 is 5.91 Å². The van der Waals surface area contributed by atoms with Gasteiger partial charge in [0.05, 0.1) is 0 Å². The third kappa shape index (κ3) is 2.31. The van der Waals surface area contributed by atoms with Crippen molar-refractivity contribution in [2.45, 2.75) is 19.9 Å². The summed E-state index contributed by atoms with van der Waals surface area (Å²) in [6.45, 7) is 3.10. The first-order valence-electron chi connectivity index (χ1n) is 6.77. The van der Waals surface area contributed by atoms with Gasteiger partial charge in [-0.05, 0) is 48.2 Å². The van der Waals surface area contributed by atoms with Gasteiger partial charge >= 0.3 is 0 Å². The molecule has 0 aromatic heterocycles. The molecule has 0 N–H and O–H groups in total. The topological polar surface area (TPSA) is 20.3 Å². The minimum Gasteiger partial charge on any atom is -0.334 e. The monoisotopic (exact) mass is 269 g/mol. The molecular weight excluding hydrogens is 253 g/mol. The minimum absolute atomic E-state index is 0.0375. The van der Waals surface area contributed by atoms with Crippen LogP contribution in [0.1, 0.15) is 27.0 Å². The maximum absolute atomic E-state index is 13.3. The van der Waals surface area contributed by atoms with Crippen LogP contribution in [0.3, 0.4) is 0 Å². The average Bonchev–Trinajstić information content (AvgIpc) is 2.46. The van der Waals surface area contributed by atoms with E-state index in [1.165, 1.54) is 12.1 Å². The first kappa shape index (κ1) is 12.9. The molecule has 1 aliphatic rings. The molecule has 0 radical (unpaired) electrons. The molecule has 0 spiro atoms. The highest BCUT2D eigenvalue weighted by Crippen LogP contribution is 2.21. The van der Waals surface area contributed by atoms with E-state index in [0.717, 1.165) is 28.7 Å². The van der Waals surface area contributed by atoms with Crippen molar-refractivity contribution in [3.05, 3.63) is 70.5 Å². The van der Waals surface area contributed by atoms with Crippen LogP contribution in [0.4, 0.5) is 4.39 Å². The Bertz CT molecular complexity index is 666. The molecule has 0 bridgehead atoms. The highest BCUT2D eigenvalue weighted by atomic mass is 19.1. The minimum atomic E-state index is -0.254. The fourth-order valence-corrected chi connectivity index (χ4v) is 2.64. The van der Waals surface area contributed by atoms with Crippen LogP contribution in [0.25, 0.3) is 0 Å². The van der Waals surface area contributed by atoms with E-state index in [1.54, 1.807) is 11.0 Å². The highest BCUT2D eigenvalue weighted by molar-refractivity contribution is 5.96. The van der Waals surface area contributed by atoms with Gasteiger partial charge in [0.1, 0.15) is 5.82 Å². The number of carbonyl (C=O) groups is 1. The number of hydrogen-bond acceptors (Lipinski definition) is 1. The zero-order valence-corrected chi connectivity index (χ0v) is 11.4. The number of aryl methyl sites for hydroxylation is 1. The maximum Gasteiger partial charge on any atom is 0.254 e. The summed E-state index contributed by atoms with van der Waals surface area (Å²) in [4.78, 5) is 14.2. The predicted octanol–water partition coefficient (Wildman–Crippen LogP) is 3.33. The van der Waals surface area contributed by atoms with Crippen LogP contribution in [-0.2, 0) is 13.0 Å². The first-order valence-corrected chi connectivity index (χ1v) is 6.77. The van der Waals surface area contributed by atoms with E-state index in [-0.39, 0.29) is 11.7 Å². The molecule has 0 saturated heterocycles. The van der Waals surface area contributed by atoms with Crippen LogP contribution in [0.5, 0.6) is 0 Å². The van der Waals surface area contributed by atoms with E-state index >= 15 is 0 Å². The van der Waals surface area contributed by atoms with Crippen molar-refractivity contribution in [3.63, 3.8) is 0 Å². The lowest BCUT2D eigenvalue weighted by atomic mass is 9.98. The second kappa shape index (κ2) is 5.08. The van der Waals surface area contributed by atoms with E-state index in [1.807, 2.05) is 31.2 Å². The summed E-state index contributed by atoms with van der Waals surface area (Å²) in [5.41, 5.74) is 3.76. The molecule has 0 aliphatic carbocycles. The Kier molecular flexibility index (Phi) is 3.26. The summed E-state index contributed by atoms with van der Waals surface area (Å²) in [6, 6.07) is 12.4. The van der Waals surface area contributed by atoms with Crippen LogP contribution in [-0.4, -0.2) is 17.4 Å². The van der Waals surface area contributed by atoms with Gasteiger partial charge in [-0.1, -0.05) is 24.3 Å². The second-order valence-electron chi connectivity index (χ2n) is 5.20. The van der Waals surface area contributed by atoms with Crippen LogP contribution in [0.2, 0.25) is 0 Å². The van der Waals surface area contributed by atoms with Gasteiger partial charge in [-0.2, -0.15) is 0 Å². The smallest absolute Gasteiger partial charge is 0.254 e. The van der Waals surface area contributed by atoms with Crippen LogP contribution < -0.4 is 0 Å². The van der Waals surface area contributed by atoms with E-state index in [4.69, 9.17) is 0 Å². The lowest BCUT2D eigenvalue weighted by Crippen LogP contribution is -2.37. The van der Waals surface area contributed by atoms with Gasteiger partial charge < -0.3 is 4.90 Å². The number of halogens is 1. The molecule has 0 saturated carbocycles. The molecule has 20 heavy (non-hydrogen) atoms. The van der Waals surface area contributed by atoms with Crippen molar-refractivity contribution in [1.29, 1.82) is 0 Å². The normalized spacial score (nSPS) is 14.3. The number of amides is 1. The Morgan fingerprint density at radius 3 is 2.85 bits per heavy atom. The zero-order chi connectivity index (χ0) is 14.1. The molecule has 1 amide bonds. The van der Waals surface area contributed by atoms with Gasteiger partial charge in [-0.25, -0.2) is 4.39 Å². The molecule has 1 heterocycles. The fourth-order valence-electron chi connectivity index (χ4n) is 2.64.